The van der Waals surface area contributed by atoms with Gasteiger partial charge in [0.15, 0.2) is 0 Å². The smallest absolute Gasteiger partial charge is 0.0626 e. The van der Waals surface area contributed by atoms with E-state index in [1.54, 1.807) is 6.08 Å². The van der Waals surface area contributed by atoms with E-state index in [0.29, 0.717) is 5.92 Å². The third-order valence-corrected chi connectivity index (χ3v) is 2.26. The maximum absolute atomic E-state index is 4.29. The molecule has 0 unspecified atom stereocenters. The lowest BCUT2D eigenvalue weighted by atomic mass is 9.97. The van der Waals surface area contributed by atoms with Gasteiger partial charge in [-0.2, -0.15) is 0 Å². The Morgan fingerprint density at radius 3 is 2.69 bits per heavy atom. The molecular weight excluding hydrogens is 158 g/mol. The lowest BCUT2D eigenvalue weighted by Gasteiger charge is -2.11. The first-order valence-electron chi connectivity index (χ1n) is 4.80. The van der Waals surface area contributed by atoms with E-state index in [0.717, 1.165) is 12.1 Å². The zero-order valence-electron chi connectivity index (χ0n) is 8.67. The van der Waals surface area contributed by atoms with Gasteiger partial charge in [-0.3, -0.25) is 4.98 Å². The normalized spacial score (nSPS) is 10.5. The van der Waals surface area contributed by atoms with Gasteiger partial charge in [0.2, 0.25) is 0 Å². The molecule has 1 aromatic heterocycles. The highest BCUT2D eigenvalue weighted by molar-refractivity contribution is 5.45. The monoisotopic (exact) mass is 175 g/mol. The van der Waals surface area contributed by atoms with Crippen LogP contribution in [0.1, 0.15) is 43.5 Å². The minimum absolute atomic E-state index is 0.566. The van der Waals surface area contributed by atoms with Gasteiger partial charge < -0.3 is 0 Å². The molecule has 0 atom stereocenters. The van der Waals surface area contributed by atoms with Gasteiger partial charge in [0, 0.05) is 6.20 Å². The van der Waals surface area contributed by atoms with Gasteiger partial charge in [-0.1, -0.05) is 27.4 Å². The van der Waals surface area contributed by atoms with Crippen molar-refractivity contribution < 1.29 is 0 Å². The van der Waals surface area contributed by atoms with Crippen LogP contribution in [0.15, 0.2) is 18.8 Å². The van der Waals surface area contributed by atoms with Crippen molar-refractivity contribution in [3.05, 3.63) is 35.7 Å². The summed E-state index contributed by atoms with van der Waals surface area (Å²) < 4.78 is 0. The molecule has 0 fully saturated rings. The quantitative estimate of drug-likeness (QED) is 0.686. The van der Waals surface area contributed by atoms with Crippen LogP contribution in [0.25, 0.3) is 6.08 Å². The van der Waals surface area contributed by atoms with Crippen LogP contribution >= 0.6 is 0 Å². The number of aryl methyl sites for hydroxylation is 1. The Morgan fingerprint density at radius 1 is 1.54 bits per heavy atom. The Bertz CT molecular complexity index is 300. The Morgan fingerprint density at radius 2 is 2.23 bits per heavy atom. The molecule has 0 N–H and O–H groups in total. The first kappa shape index (κ1) is 9.97. The minimum atomic E-state index is 0.566. The van der Waals surface area contributed by atoms with Crippen molar-refractivity contribution in [2.24, 2.45) is 0 Å². The molecule has 0 saturated carbocycles. The zero-order chi connectivity index (χ0) is 9.84. The molecule has 0 aliphatic rings. The van der Waals surface area contributed by atoms with E-state index in [1.165, 1.54) is 11.1 Å². The van der Waals surface area contributed by atoms with Gasteiger partial charge in [-0.15, -0.1) is 0 Å². The number of pyridine rings is 1. The highest BCUT2D eigenvalue weighted by Crippen LogP contribution is 2.20. The Hall–Kier alpha value is -1.11. The number of hydrogen-bond acceptors (Lipinski definition) is 1. The van der Waals surface area contributed by atoms with Crippen LogP contribution in [0.3, 0.4) is 0 Å². The summed E-state index contributed by atoms with van der Waals surface area (Å²) in [6, 6.07) is 2.14. The average Bonchev–Trinajstić information content (AvgIpc) is 2.16. The SMILES string of the molecule is C=Cc1cc(C(C)C)c(CC)cn1. The van der Waals surface area contributed by atoms with Crippen LogP contribution in [-0.2, 0) is 6.42 Å². The number of rotatable bonds is 3. The third kappa shape index (κ3) is 2.18. The zero-order valence-corrected chi connectivity index (χ0v) is 8.67. The summed E-state index contributed by atoms with van der Waals surface area (Å²) in [5.74, 6) is 0.566. The van der Waals surface area contributed by atoms with Crippen molar-refractivity contribution in [1.29, 1.82) is 0 Å². The highest BCUT2D eigenvalue weighted by Gasteiger charge is 2.05. The fraction of sp³-hybridized carbons (Fsp3) is 0.417. The molecule has 0 spiro atoms. The molecule has 0 aromatic carbocycles. The molecule has 1 nitrogen and oxygen atoms in total. The van der Waals surface area contributed by atoms with Gasteiger partial charge >= 0.3 is 0 Å². The van der Waals surface area contributed by atoms with E-state index in [-0.39, 0.29) is 0 Å². The summed E-state index contributed by atoms with van der Waals surface area (Å²) in [6.07, 6.45) is 4.82. The minimum Gasteiger partial charge on any atom is -0.257 e. The van der Waals surface area contributed by atoms with Crippen molar-refractivity contribution in [3.8, 4) is 0 Å². The Labute approximate surface area is 80.5 Å². The van der Waals surface area contributed by atoms with Crippen LogP contribution in [-0.4, -0.2) is 4.98 Å². The van der Waals surface area contributed by atoms with Crippen LogP contribution in [0.5, 0.6) is 0 Å². The molecular formula is C12H17N. The fourth-order valence-electron chi connectivity index (χ4n) is 1.46. The van der Waals surface area contributed by atoms with Crippen LogP contribution in [0, 0.1) is 0 Å². The second kappa shape index (κ2) is 4.22. The summed E-state index contributed by atoms with van der Waals surface area (Å²) in [7, 11) is 0. The molecule has 1 heteroatoms. The molecule has 0 amide bonds. The third-order valence-electron chi connectivity index (χ3n) is 2.26. The predicted octanol–water partition coefficient (Wildman–Crippen LogP) is 3.41. The molecule has 0 bridgehead atoms. The molecule has 0 aliphatic carbocycles. The Balaban J connectivity index is 3.17. The highest BCUT2D eigenvalue weighted by atomic mass is 14.7. The molecule has 1 heterocycles. The average molecular weight is 175 g/mol. The van der Waals surface area contributed by atoms with Crippen LogP contribution < -0.4 is 0 Å². The lowest BCUT2D eigenvalue weighted by Crippen LogP contribution is -1.97. The van der Waals surface area contributed by atoms with E-state index in [4.69, 9.17) is 0 Å². The number of hydrogen-bond donors (Lipinski definition) is 0. The largest absolute Gasteiger partial charge is 0.257 e. The van der Waals surface area contributed by atoms with E-state index < -0.39 is 0 Å². The molecule has 0 radical (unpaired) electrons. The Kier molecular flexibility index (Phi) is 3.24. The van der Waals surface area contributed by atoms with Crippen molar-refractivity contribution in [1.82, 2.24) is 4.98 Å². The van der Waals surface area contributed by atoms with E-state index in [9.17, 15) is 0 Å². The van der Waals surface area contributed by atoms with Crippen molar-refractivity contribution in [2.75, 3.05) is 0 Å². The number of aromatic nitrogens is 1. The van der Waals surface area contributed by atoms with E-state index >= 15 is 0 Å². The van der Waals surface area contributed by atoms with Gasteiger partial charge in [0.05, 0.1) is 5.69 Å². The maximum atomic E-state index is 4.29. The molecule has 0 saturated heterocycles. The topological polar surface area (TPSA) is 12.9 Å². The second-order valence-corrected chi connectivity index (χ2v) is 3.52. The van der Waals surface area contributed by atoms with Crippen molar-refractivity contribution in [3.63, 3.8) is 0 Å². The van der Waals surface area contributed by atoms with Crippen LogP contribution in [0.2, 0.25) is 0 Å². The fourth-order valence-corrected chi connectivity index (χ4v) is 1.46. The first-order chi connectivity index (χ1) is 6.19. The molecule has 1 rings (SSSR count). The molecule has 0 aliphatic heterocycles. The van der Waals surface area contributed by atoms with Gasteiger partial charge in [0.1, 0.15) is 0 Å². The lowest BCUT2D eigenvalue weighted by molar-refractivity contribution is 0.837. The van der Waals surface area contributed by atoms with Crippen molar-refractivity contribution >= 4 is 6.08 Å². The summed E-state index contributed by atoms with van der Waals surface area (Å²) in [5, 5.41) is 0. The van der Waals surface area contributed by atoms with Gasteiger partial charge in [0.25, 0.3) is 0 Å². The van der Waals surface area contributed by atoms with E-state index in [1.807, 2.05) is 6.20 Å². The predicted molar refractivity (Wildman–Crippen MR) is 57.8 cm³/mol. The summed E-state index contributed by atoms with van der Waals surface area (Å²) in [4.78, 5) is 4.29. The summed E-state index contributed by atoms with van der Waals surface area (Å²) in [5.41, 5.74) is 3.72. The molecule has 13 heavy (non-hydrogen) atoms. The van der Waals surface area contributed by atoms with E-state index in [2.05, 4.69) is 38.4 Å². The second-order valence-electron chi connectivity index (χ2n) is 3.52. The summed E-state index contributed by atoms with van der Waals surface area (Å²) >= 11 is 0. The molecule has 70 valence electrons. The van der Waals surface area contributed by atoms with Gasteiger partial charge in [-0.05, 0) is 35.6 Å². The van der Waals surface area contributed by atoms with Gasteiger partial charge in [-0.25, -0.2) is 0 Å². The van der Waals surface area contributed by atoms with Crippen molar-refractivity contribution in [2.45, 2.75) is 33.1 Å². The van der Waals surface area contributed by atoms with Crippen LogP contribution in [0.4, 0.5) is 0 Å². The summed E-state index contributed by atoms with van der Waals surface area (Å²) in [6.45, 7) is 10.3. The molecule has 1 aromatic rings. The number of nitrogens with zero attached hydrogens (tertiary/aromatic N) is 1. The standard InChI is InChI=1S/C12H17N/c1-5-10-8-13-11(6-2)7-12(10)9(3)4/h6-9H,2,5H2,1,3-4H3. The first-order valence-corrected chi connectivity index (χ1v) is 4.80. The maximum Gasteiger partial charge on any atom is 0.0626 e.